The molecule has 3 aromatic carbocycles. The molecule has 0 bridgehead atoms. The largest absolute Gasteiger partial charge is 0.489 e. The number of nitro benzene ring substituents is 1. The molecular formula is C22H19N3O4. The summed E-state index contributed by atoms with van der Waals surface area (Å²) in [7, 11) is 0. The van der Waals surface area contributed by atoms with Gasteiger partial charge in [0.25, 0.3) is 11.6 Å². The molecule has 3 rings (SSSR count). The average Bonchev–Trinajstić information content (AvgIpc) is 2.77. The molecule has 0 fully saturated rings. The quantitative estimate of drug-likeness (QED) is 0.370. The molecule has 0 saturated heterocycles. The summed E-state index contributed by atoms with van der Waals surface area (Å²) < 4.78 is 5.70. The summed E-state index contributed by atoms with van der Waals surface area (Å²) in [6, 6.07) is 22.6. The summed E-state index contributed by atoms with van der Waals surface area (Å²) in [6.07, 6.45) is 0. The summed E-state index contributed by atoms with van der Waals surface area (Å²) in [5.41, 5.74) is 4.93. The van der Waals surface area contributed by atoms with Gasteiger partial charge in [0.2, 0.25) is 0 Å². The number of nitro groups is 1. The van der Waals surface area contributed by atoms with Crippen LogP contribution in [0.25, 0.3) is 0 Å². The van der Waals surface area contributed by atoms with Crippen molar-refractivity contribution in [3.05, 3.63) is 106 Å². The molecule has 1 amide bonds. The van der Waals surface area contributed by atoms with Crippen molar-refractivity contribution in [3.63, 3.8) is 0 Å². The highest BCUT2D eigenvalue weighted by Crippen LogP contribution is 2.15. The lowest BCUT2D eigenvalue weighted by atomic mass is 10.1. The summed E-state index contributed by atoms with van der Waals surface area (Å²) in [4.78, 5) is 22.7. The van der Waals surface area contributed by atoms with Crippen LogP contribution in [-0.4, -0.2) is 16.5 Å². The van der Waals surface area contributed by atoms with Crippen LogP contribution < -0.4 is 10.2 Å². The van der Waals surface area contributed by atoms with Gasteiger partial charge in [0, 0.05) is 23.3 Å². The first-order valence-corrected chi connectivity index (χ1v) is 8.89. The van der Waals surface area contributed by atoms with Crippen molar-refractivity contribution < 1.29 is 14.5 Å². The second-order valence-electron chi connectivity index (χ2n) is 6.24. The Hall–Kier alpha value is -4.00. The van der Waals surface area contributed by atoms with E-state index in [1.54, 1.807) is 43.3 Å². The molecule has 146 valence electrons. The van der Waals surface area contributed by atoms with Gasteiger partial charge in [0.15, 0.2) is 0 Å². The zero-order valence-corrected chi connectivity index (χ0v) is 15.7. The number of nitrogens with one attached hydrogen (secondary N) is 1. The van der Waals surface area contributed by atoms with Crippen molar-refractivity contribution in [3.8, 4) is 5.75 Å². The maximum absolute atomic E-state index is 12.3. The third-order valence-corrected chi connectivity index (χ3v) is 4.16. The minimum Gasteiger partial charge on any atom is -0.489 e. The Bertz CT molecular complexity index is 1030. The monoisotopic (exact) mass is 389 g/mol. The highest BCUT2D eigenvalue weighted by atomic mass is 16.6. The van der Waals surface area contributed by atoms with Gasteiger partial charge in [-0.2, -0.15) is 5.10 Å². The van der Waals surface area contributed by atoms with Crippen LogP contribution in [-0.2, 0) is 6.61 Å². The lowest BCUT2D eigenvalue weighted by Gasteiger charge is -2.07. The molecule has 1 N–H and O–H groups in total. The third-order valence-electron chi connectivity index (χ3n) is 4.16. The fraction of sp³-hybridized carbons (Fsp3) is 0.0909. The van der Waals surface area contributed by atoms with Gasteiger partial charge in [-0.05, 0) is 36.8 Å². The van der Waals surface area contributed by atoms with Gasteiger partial charge in [0.1, 0.15) is 12.4 Å². The van der Waals surface area contributed by atoms with Crippen LogP contribution in [0.5, 0.6) is 5.75 Å². The fourth-order valence-electron chi connectivity index (χ4n) is 2.55. The van der Waals surface area contributed by atoms with Gasteiger partial charge in [-0.15, -0.1) is 0 Å². The van der Waals surface area contributed by atoms with E-state index in [0.29, 0.717) is 29.2 Å². The standard InChI is InChI=1S/C22H19N3O4/c1-16(19-8-5-9-20(14-19)25(27)28)23-24-22(26)18-10-12-21(13-11-18)29-15-17-6-3-2-4-7-17/h2-14H,15H2,1H3,(H,24,26)/b23-16+. The Morgan fingerprint density at radius 1 is 1.00 bits per heavy atom. The van der Waals surface area contributed by atoms with Crippen molar-refractivity contribution in [2.75, 3.05) is 0 Å². The predicted molar refractivity (Wildman–Crippen MR) is 110 cm³/mol. The number of hydrogen-bond donors (Lipinski definition) is 1. The Balaban J connectivity index is 1.59. The Morgan fingerprint density at radius 2 is 1.72 bits per heavy atom. The van der Waals surface area contributed by atoms with E-state index in [9.17, 15) is 14.9 Å². The second-order valence-corrected chi connectivity index (χ2v) is 6.24. The maximum atomic E-state index is 12.3. The molecule has 0 aromatic heterocycles. The number of carbonyl (C=O) groups is 1. The second kappa shape index (κ2) is 9.27. The van der Waals surface area contributed by atoms with Gasteiger partial charge in [-0.1, -0.05) is 42.5 Å². The lowest BCUT2D eigenvalue weighted by Crippen LogP contribution is -2.19. The van der Waals surface area contributed by atoms with Crippen LogP contribution in [0, 0.1) is 10.1 Å². The number of amides is 1. The number of nitrogens with zero attached hydrogens (tertiary/aromatic N) is 2. The van der Waals surface area contributed by atoms with Crippen LogP contribution in [0.2, 0.25) is 0 Å². The molecule has 7 heteroatoms. The Labute approximate surface area is 167 Å². The number of ether oxygens (including phenoxy) is 1. The highest BCUT2D eigenvalue weighted by molar-refractivity contribution is 6.01. The van der Waals surface area contributed by atoms with Gasteiger partial charge >= 0.3 is 0 Å². The molecule has 0 aliphatic heterocycles. The van der Waals surface area contributed by atoms with Gasteiger partial charge in [0.05, 0.1) is 10.6 Å². The minimum atomic E-state index is -0.475. The van der Waals surface area contributed by atoms with Gasteiger partial charge in [-0.25, -0.2) is 5.43 Å². The zero-order chi connectivity index (χ0) is 20.6. The number of hydrogen-bond acceptors (Lipinski definition) is 5. The van der Waals surface area contributed by atoms with E-state index in [0.717, 1.165) is 5.56 Å². The number of rotatable bonds is 7. The summed E-state index contributed by atoms with van der Waals surface area (Å²) in [6.45, 7) is 2.11. The summed E-state index contributed by atoms with van der Waals surface area (Å²) >= 11 is 0. The molecule has 3 aromatic rings. The van der Waals surface area contributed by atoms with E-state index < -0.39 is 4.92 Å². The average molecular weight is 389 g/mol. The molecule has 0 unspecified atom stereocenters. The molecule has 0 spiro atoms. The van der Waals surface area contributed by atoms with E-state index in [1.807, 2.05) is 30.3 Å². The van der Waals surface area contributed by atoms with Crippen LogP contribution in [0.3, 0.4) is 0 Å². The Kier molecular flexibility index (Phi) is 6.32. The zero-order valence-electron chi connectivity index (χ0n) is 15.7. The molecule has 0 radical (unpaired) electrons. The number of hydrazone groups is 1. The van der Waals surface area contributed by atoms with Crippen molar-refractivity contribution in [1.82, 2.24) is 5.43 Å². The molecular weight excluding hydrogens is 370 g/mol. The lowest BCUT2D eigenvalue weighted by molar-refractivity contribution is -0.384. The van der Waals surface area contributed by atoms with Crippen LogP contribution in [0.4, 0.5) is 5.69 Å². The van der Waals surface area contributed by atoms with Gasteiger partial charge in [-0.3, -0.25) is 14.9 Å². The summed E-state index contributed by atoms with van der Waals surface area (Å²) in [5, 5.41) is 14.9. The molecule has 29 heavy (non-hydrogen) atoms. The predicted octanol–water partition coefficient (Wildman–Crippen LogP) is 4.33. The van der Waals surface area contributed by atoms with Gasteiger partial charge < -0.3 is 4.74 Å². The topological polar surface area (TPSA) is 93.8 Å². The first kappa shape index (κ1) is 19.8. The van der Waals surface area contributed by atoms with Crippen molar-refractivity contribution >= 4 is 17.3 Å². The van der Waals surface area contributed by atoms with E-state index in [4.69, 9.17) is 4.74 Å². The van der Waals surface area contributed by atoms with Crippen LogP contribution >= 0.6 is 0 Å². The molecule has 0 heterocycles. The number of benzene rings is 3. The Morgan fingerprint density at radius 3 is 2.41 bits per heavy atom. The normalized spacial score (nSPS) is 11.0. The van der Waals surface area contributed by atoms with Crippen molar-refractivity contribution in [2.45, 2.75) is 13.5 Å². The molecule has 0 aliphatic rings. The molecule has 0 atom stereocenters. The third kappa shape index (κ3) is 5.49. The van der Waals surface area contributed by atoms with Crippen LogP contribution in [0.15, 0.2) is 84.0 Å². The molecule has 7 nitrogen and oxygen atoms in total. The number of non-ortho nitro benzene ring substituents is 1. The minimum absolute atomic E-state index is 0.0329. The first-order valence-electron chi connectivity index (χ1n) is 8.89. The van der Waals surface area contributed by atoms with E-state index in [1.165, 1.54) is 12.1 Å². The van der Waals surface area contributed by atoms with Crippen molar-refractivity contribution in [2.24, 2.45) is 5.10 Å². The number of carbonyl (C=O) groups excluding carboxylic acids is 1. The van der Waals surface area contributed by atoms with Crippen molar-refractivity contribution in [1.29, 1.82) is 0 Å². The van der Waals surface area contributed by atoms with E-state index in [-0.39, 0.29) is 11.6 Å². The smallest absolute Gasteiger partial charge is 0.271 e. The molecule has 0 aliphatic carbocycles. The maximum Gasteiger partial charge on any atom is 0.271 e. The summed E-state index contributed by atoms with van der Waals surface area (Å²) in [5.74, 6) is 0.270. The van der Waals surface area contributed by atoms with E-state index in [2.05, 4.69) is 10.5 Å². The van der Waals surface area contributed by atoms with E-state index >= 15 is 0 Å². The SMILES string of the molecule is C/C(=N\NC(=O)c1ccc(OCc2ccccc2)cc1)c1cccc([N+](=O)[O-])c1. The first-order chi connectivity index (χ1) is 14.0. The molecule has 0 saturated carbocycles. The van der Waals surface area contributed by atoms with Crippen LogP contribution in [0.1, 0.15) is 28.4 Å². The highest BCUT2D eigenvalue weighted by Gasteiger charge is 2.09. The fourth-order valence-corrected chi connectivity index (χ4v) is 2.55.